The van der Waals surface area contributed by atoms with Crippen LogP contribution < -0.4 is 16.0 Å². The molecule has 0 radical (unpaired) electrons. The fourth-order valence-corrected chi connectivity index (χ4v) is 4.60. The number of nitrogens with zero attached hydrogens (tertiary/aromatic N) is 1. The molecule has 1 aliphatic heterocycles. The van der Waals surface area contributed by atoms with Crippen LogP contribution in [0.5, 0.6) is 0 Å². The van der Waals surface area contributed by atoms with Crippen LogP contribution in [0.25, 0.3) is 0 Å². The summed E-state index contributed by atoms with van der Waals surface area (Å²) >= 11 is 0. The van der Waals surface area contributed by atoms with Gasteiger partial charge in [-0.2, -0.15) is 0 Å². The van der Waals surface area contributed by atoms with Crippen LogP contribution >= 0.6 is 0 Å². The van der Waals surface area contributed by atoms with Crippen molar-refractivity contribution in [3.05, 3.63) is 0 Å². The van der Waals surface area contributed by atoms with E-state index < -0.39 is 77.4 Å². The van der Waals surface area contributed by atoms with Crippen molar-refractivity contribution in [3.8, 4) is 0 Å². The first-order valence-corrected chi connectivity index (χ1v) is 15.3. The SMILES string of the molecule is COC(=O)CNC(=O)C(=O)C(CCC(C)C)NC(=O)[C@@H]1C[C@@H](OC(C)(C)C)CN1C(=O)C(NC(=O)OCC(C)C)C(C)(C)C. The molecule has 1 saturated heterocycles. The lowest BCUT2D eigenvalue weighted by Gasteiger charge is -2.35. The number of amides is 4. The highest BCUT2D eigenvalue weighted by Gasteiger charge is 2.47. The predicted octanol–water partition coefficient (Wildman–Crippen LogP) is 2.35. The predicted molar refractivity (Wildman–Crippen MR) is 163 cm³/mol. The van der Waals surface area contributed by atoms with Crippen molar-refractivity contribution in [3.63, 3.8) is 0 Å². The molecule has 44 heavy (non-hydrogen) atoms. The quantitative estimate of drug-likeness (QED) is 0.194. The Labute approximate surface area is 261 Å². The third-order valence-electron chi connectivity index (χ3n) is 6.80. The molecule has 0 aliphatic carbocycles. The minimum absolute atomic E-state index is 0.0771. The minimum atomic E-state index is -1.19. The largest absolute Gasteiger partial charge is 0.468 e. The fraction of sp³-hybridized carbons (Fsp3) is 0.806. The number of carbonyl (C=O) groups excluding carboxylic acids is 6. The first-order valence-electron chi connectivity index (χ1n) is 15.3. The average Bonchev–Trinajstić information content (AvgIpc) is 3.31. The van der Waals surface area contributed by atoms with Crippen LogP contribution in [0.15, 0.2) is 0 Å². The van der Waals surface area contributed by atoms with E-state index in [-0.39, 0.29) is 37.8 Å². The molecule has 13 nitrogen and oxygen atoms in total. The van der Waals surface area contributed by atoms with Gasteiger partial charge in [0, 0.05) is 13.0 Å². The van der Waals surface area contributed by atoms with Gasteiger partial charge in [0.05, 0.1) is 31.5 Å². The van der Waals surface area contributed by atoms with E-state index in [1.807, 2.05) is 48.5 Å². The number of hydrogen-bond donors (Lipinski definition) is 3. The summed E-state index contributed by atoms with van der Waals surface area (Å²) in [5.41, 5.74) is -1.31. The number of carbonyl (C=O) groups is 6. The molecule has 3 N–H and O–H groups in total. The molecule has 0 aromatic heterocycles. The Morgan fingerprint density at radius 2 is 1.50 bits per heavy atom. The van der Waals surface area contributed by atoms with E-state index in [9.17, 15) is 28.8 Å². The summed E-state index contributed by atoms with van der Waals surface area (Å²) in [4.78, 5) is 79.0. The molecule has 13 heteroatoms. The van der Waals surface area contributed by atoms with Crippen LogP contribution in [0, 0.1) is 17.3 Å². The van der Waals surface area contributed by atoms with E-state index >= 15 is 0 Å². The zero-order chi connectivity index (χ0) is 34.0. The number of ether oxygens (including phenoxy) is 3. The van der Waals surface area contributed by atoms with Gasteiger partial charge in [-0.25, -0.2) is 4.79 Å². The molecule has 1 fully saturated rings. The normalized spacial score (nSPS) is 18.4. The van der Waals surface area contributed by atoms with Crippen molar-refractivity contribution in [2.24, 2.45) is 17.3 Å². The number of ketones is 1. The Balaban J connectivity index is 3.32. The number of methoxy groups -OCH3 is 1. The number of alkyl carbamates (subject to hydrolysis) is 1. The van der Waals surface area contributed by atoms with E-state index in [1.54, 1.807) is 20.8 Å². The Morgan fingerprint density at radius 3 is 2.00 bits per heavy atom. The van der Waals surface area contributed by atoms with Gasteiger partial charge in [-0.05, 0) is 50.9 Å². The monoisotopic (exact) mass is 626 g/mol. The zero-order valence-corrected chi connectivity index (χ0v) is 28.3. The Morgan fingerprint density at radius 1 is 0.886 bits per heavy atom. The lowest BCUT2D eigenvalue weighted by atomic mass is 9.85. The Hall–Kier alpha value is -3.22. The van der Waals surface area contributed by atoms with Crippen LogP contribution in [0.4, 0.5) is 4.79 Å². The van der Waals surface area contributed by atoms with E-state index in [2.05, 4.69) is 20.7 Å². The highest BCUT2D eigenvalue weighted by molar-refractivity contribution is 6.38. The maximum absolute atomic E-state index is 14.1. The Bertz CT molecular complexity index is 1030. The van der Waals surface area contributed by atoms with Crippen molar-refractivity contribution in [2.75, 3.05) is 26.8 Å². The Kier molecular flexibility index (Phi) is 14.8. The van der Waals surface area contributed by atoms with Crippen molar-refractivity contribution >= 4 is 35.6 Å². The average molecular weight is 627 g/mol. The van der Waals surface area contributed by atoms with Gasteiger partial charge in [-0.15, -0.1) is 0 Å². The topological polar surface area (TPSA) is 169 Å². The first kappa shape index (κ1) is 38.8. The van der Waals surface area contributed by atoms with E-state index in [1.165, 1.54) is 4.90 Å². The van der Waals surface area contributed by atoms with Gasteiger partial charge in [-0.3, -0.25) is 24.0 Å². The van der Waals surface area contributed by atoms with Gasteiger partial charge < -0.3 is 35.1 Å². The van der Waals surface area contributed by atoms with Crippen LogP contribution in [0.2, 0.25) is 0 Å². The highest BCUT2D eigenvalue weighted by atomic mass is 16.5. The van der Waals surface area contributed by atoms with Gasteiger partial charge in [0.25, 0.3) is 5.91 Å². The number of hydrogen-bond acceptors (Lipinski definition) is 9. The van der Waals surface area contributed by atoms with Gasteiger partial charge in [0.2, 0.25) is 17.6 Å². The molecule has 0 bridgehead atoms. The highest BCUT2D eigenvalue weighted by Crippen LogP contribution is 2.29. The van der Waals surface area contributed by atoms with Crippen LogP contribution in [-0.2, 0) is 38.2 Å². The van der Waals surface area contributed by atoms with Crippen molar-refractivity contribution in [1.82, 2.24) is 20.9 Å². The molecule has 0 aromatic carbocycles. The summed E-state index contributed by atoms with van der Waals surface area (Å²) in [5, 5.41) is 7.59. The lowest BCUT2D eigenvalue weighted by Crippen LogP contribution is -2.59. The molecule has 0 saturated carbocycles. The number of esters is 1. The molecule has 0 spiro atoms. The van der Waals surface area contributed by atoms with Gasteiger partial charge in [0.1, 0.15) is 18.6 Å². The summed E-state index contributed by atoms with van der Waals surface area (Å²) in [5.74, 6) is -3.53. The second-order valence-corrected chi connectivity index (χ2v) is 14.2. The molecule has 4 amide bonds. The summed E-state index contributed by atoms with van der Waals surface area (Å²) < 4.78 is 15.9. The lowest BCUT2D eigenvalue weighted by molar-refractivity contribution is -0.145. The molecule has 1 rings (SSSR count). The van der Waals surface area contributed by atoms with Crippen LogP contribution in [-0.4, -0.2) is 97.1 Å². The number of likely N-dealkylation sites (tertiary alicyclic amines) is 1. The summed E-state index contributed by atoms with van der Waals surface area (Å²) in [7, 11) is 1.15. The molecule has 1 heterocycles. The first-order chi connectivity index (χ1) is 20.2. The van der Waals surface area contributed by atoms with E-state index in [0.717, 1.165) is 7.11 Å². The third-order valence-corrected chi connectivity index (χ3v) is 6.80. The maximum atomic E-state index is 14.1. The maximum Gasteiger partial charge on any atom is 0.407 e. The molecule has 4 atom stereocenters. The third kappa shape index (κ3) is 13.2. The summed E-state index contributed by atoms with van der Waals surface area (Å²) in [6.45, 7) is 18.4. The summed E-state index contributed by atoms with van der Waals surface area (Å²) in [6, 6.07) is -3.27. The van der Waals surface area contributed by atoms with Crippen molar-refractivity contribution in [1.29, 1.82) is 0 Å². The standard InChI is InChI=1S/C31H54N4O9/c1-18(2)12-13-21(24(37)27(39)32-15-23(36)42-11)33-26(38)22-14-20(44-31(8,9)10)16-35(22)28(40)25(30(5,6)7)34-29(41)43-17-19(3)4/h18-22,25H,12-17H2,1-11H3,(H,32,39)(H,33,38)(H,34,41)/t20-,21?,22+,25?/m1/s1. The van der Waals surface area contributed by atoms with Crippen LogP contribution in [0.3, 0.4) is 0 Å². The summed E-state index contributed by atoms with van der Waals surface area (Å²) in [6.07, 6.45) is -0.408. The van der Waals surface area contributed by atoms with Gasteiger partial charge in [0.15, 0.2) is 0 Å². The number of nitrogens with one attached hydrogen (secondary N) is 3. The van der Waals surface area contributed by atoms with Crippen molar-refractivity contribution in [2.45, 2.75) is 118 Å². The number of Topliss-reactive ketones (excluding diaryl/α,β-unsaturated/α-hetero) is 1. The van der Waals surface area contributed by atoms with Gasteiger partial charge >= 0.3 is 12.1 Å². The van der Waals surface area contributed by atoms with Crippen molar-refractivity contribution < 1.29 is 43.0 Å². The van der Waals surface area contributed by atoms with E-state index in [4.69, 9.17) is 9.47 Å². The molecular weight excluding hydrogens is 572 g/mol. The fourth-order valence-electron chi connectivity index (χ4n) is 4.60. The molecular formula is C31H54N4O9. The smallest absolute Gasteiger partial charge is 0.407 e. The van der Waals surface area contributed by atoms with E-state index in [0.29, 0.717) is 6.42 Å². The second-order valence-electron chi connectivity index (χ2n) is 14.2. The zero-order valence-electron chi connectivity index (χ0n) is 28.3. The molecule has 252 valence electrons. The molecule has 0 aromatic rings. The minimum Gasteiger partial charge on any atom is -0.468 e. The molecule has 1 aliphatic rings. The van der Waals surface area contributed by atoms with Crippen LogP contribution in [0.1, 0.15) is 88.5 Å². The second kappa shape index (κ2) is 16.7. The number of rotatable bonds is 14. The van der Waals surface area contributed by atoms with Gasteiger partial charge in [-0.1, -0.05) is 48.5 Å². The molecule has 2 unspecified atom stereocenters.